The Morgan fingerprint density at radius 3 is 2.91 bits per heavy atom. The van der Waals surface area contributed by atoms with Crippen LogP contribution in [0.5, 0.6) is 0 Å². The van der Waals surface area contributed by atoms with Crippen molar-refractivity contribution in [3.63, 3.8) is 0 Å². The predicted molar refractivity (Wildman–Crippen MR) is 131 cm³/mol. The number of nitrogens with zero attached hydrogens (tertiary/aromatic N) is 3. The summed E-state index contributed by atoms with van der Waals surface area (Å²) < 4.78 is 2.20. The number of carbonyl (C=O) groups excluding carboxylic acids is 1. The number of carbonyl (C=O) groups is 1. The number of amides is 1. The van der Waals surface area contributed by atoms with Crippen molar-refractivity contribution in [3.05, 3.63) is 63.2 Å². The van der Waals surface area contributed by atoms with Crippen LogP contribution in [-0.2, 0) is 0 Å². The minimum atomic E-state index is -0.379. The van der Waals surface area contributed by atoms with Crippen LogP contribution in [-0.4, -0.2) is 32.4 Å². The maximum atomic E-state index is 13.2. The number of nitrogen functional groups attached to an aromatic ring is 1. The van der Waals surface area contributed by atoms with E-state index >= 15 is 0 Å². The highest BCUT2D eigenvalue weighted by atomic mass is 79.9. The number of fused-ring (bicyclic) bond motifs is 2. The summed E-state index contributed by atoms with van der Waals surface area (Å²) >= 11 is 10.1. The number of halogens is 2. The van der Waals surface area contributed by atoms with Crippen LogP contribution < -0.4 is 16.4 Å². The summed E-state index contributed by atoms with van der Waals surface area (Å²) in [5.41, 5.74) is 9.92. The van der Waals surface area contributed by atoms with Crippen molar-refractivity contribution >= 4 is 62.2 Å². The van der Waals surface area contributed by atoms with Gasteiger partial charge in [0.1, 0.15) is 16.0 Å². The molecule has 1 amide bonds. The van der Waals surface area contributed by atoms with Crippen LogP contribution in [0, 0.1) is 0 Å². The van der Waals surface area contributed by atoms with Gasteiger partial charge in [-0.25, -0.2) is 4.68 Å². The first kappa shape index (κ1) is 20.6. The first-order chi connectivity index (χ1) is 15.5. The summed E-state index contributed by atoms with van der Waals surface area (Å²) in [5.74, 6) is 0.419. The third-order valence-electron chi connectivity index (χ3n) is 5.46. The quantitative estimate of drug-likeness (QED) is 0.313. The molecule has 5 N–H and O–H groups in total. The Morgan fingerprint density at radius 1 is 1.34 bits per heavy atom. The molecule has 4 aromatic rings. The Morgan fingerprint density at radius 2 is 2.12 bits per heavy atom. The summed E-state index contributed by atoms with van der Waals surface area (Å²) in [4.78, 5) is 13.2. The van der Waals surface area contributed by atoms with Gasteiger partial charge < -0.3 is 16.4 Å². The molecule has 2 aromatic carbocycles. The van der Waals surface area contributed by atoms with Gasteiger partial charge >= 0.3 is 0 Å². The first-order valence-electron chi connectivity index (χ1n) is 9.96. The maximum absolute atomic E-state index is 13.2. The largest absolute Gasteiger partial charge is 0.381 e. The maximum Gasteiger partial charge on any atom is 0.259 e. The SMILES string of the molecule is CC(NC(=O)c1c(N)nn2c1NCC=C2)c1cc(Cl)c2c(Br)n[nH]c2c1-c1ccccc1. The lowest BCUT2D eigenvalue weighted by atomic mass is 9.93. The van der Waals surface area contributed by atoms with E-state index in [1.807, 2.05) is 49.4 Å². The number of nitrogens with one attached hydrogen (secondary N) is 3. The number of aromatic nitrogens is 4. The smallest absolute Gasteiger partial charge is 0.259 e. The van der Waals surface area contributed by atoms with Gasteiger partial charge in [-0.1, -0.05) is 41.9 Å². The standard InChI is InChI=1S/C22H19BrClN7O/c1-11(27-22(32)17-20(25)30-31-9-5-8-26-21(17)31)13-10-14(24)16-18(28-29-19(16)23)15(13)12-6-3-2-4-7-12/h2-7,9-11,26H,8H2,1H3,(H2,25,30)(H,27,32)(H,28,29). The molecule has 5 rings (SSSR count). The predicted octanol–water partition coefficient (Wildman–Crippen LogP) is 4.81. The number of hydrogen-bond acceptors (Lipinski definition) is 5. The highest BCUT2D eigenvalue weighted by molar-refractivity contribution is 9.10. The molecule has 0 fully saturated rings. The molecule has 0 bridgehead atoms. The van der Waals surface area contributed by atoms with E-state index in [1.165, 1.54) is 0 Å². The first-order valence-corrected chi connectivity index (χ1v) is 11.1. The number of benzene rings is 2. The van der Waals surface area contributed by atoms with Gasteiger partial charge in [-0.05, 0) is 46.1 Å². The fraction of sp³-hybridized carbons (Fsp3) is 0.136. The van der Waals surface area contributed by atoms with Crippen molar-refractivity contribution in [2.24, 2.45) is 0 Å². The molecule has 1 aliphatic heterocycles. The fourth-order valence-electron chi connectivity index (χ4n) is 4.01. The number of anilines is 2. The number of rotatable bonds is 4. The summed E-state index contributed by atoms with van der Waals surface area (Å²) in [6.45, 7) is 2.51. The van der Waals surface area contributed by atoms with Gasteiger partial charge in [0.15, 0.2) is 5.82 Å². The molecule has 32 heavy (non-hydrogen) atoms. The molecule has 3 heterocycles. The zero-order valence-corrected chi connectivity index (χ0v) is 19.3. The van der Waals surface area contributed by atoms with E-state index in [0.29, 0.717) is 27.6 Å². The molecular weight excluding hydrogens is 494 g/mol. The minimum absolute atomic E-state index is 0.165. The topological polar surface area (TPSA) is 114 Å². The van der Waals surface area contributed by atoms with Gasteiger partial charge in [0.2, 0.25) is 0 Å². The van der Waals surface area contributed by atoms with Crippen LogP contribution in [0.3, 0.4) is 0 Å². The number of nitrogens with two attached hydrogens (primary N) is 1. The van der Waals surface area contributed by atoms with Gasteiger partial charge in [-0.15, -0.1) is 5.10 Å². The summed E-state index contributed by atoms with van der Waals surface area (Å²) in [7, 11) is 0. The normalized spacial score (nSPS) is 13.6. The zero-order chi connectivity index (χ0) is 22.4. The molecule has 1 aliphatic rings. The Hall–Kier alpha value is -3.30. The van der Waals surface area contributed by atoms with Crippen molar-refractivity contribution in [2.75, 3.05) is 17.6 Å². The molecular formula is C22H19BrClN7O. The lowest BCUT2D eigenvalue weighted by Gasteiger charge is -2.20. The van der Waals surface area contributed by atoms with Crippen LogP contribution in [0.15, 0.2) is 47.1 Å². The van der Waals surface area contributed by atoms with Crippen LogP contribution in [0.4, 0.5) is 11.6 Å². The van der Waals surface area contributed by atoms with E-state index < -0.39 is 0 Å². The zero-order valence-electron chi connectivity index (χ0n) is 17.0. The molecule has 0 saturated carbocycles. The van der Waals surface area contributed by atoms with Crippen LogP contribution in [0.2, 0.25) is 5.02 Å². The lowest BCUT2D eigenvalue weighted by Crippen LogP contribution is -2.28. The second kappa shape index (κ2) is 7.99. The molecule has 0 saturated heterocycles. The number of aromatic amines is 1. The van der Waals surface area contributed by atoms with Gasteiger partial charge in [0.05, 0.1) is 22.0 Å². The van der Waals surface area contributed by atoms with Crippen molar-refractivity contribution in [1.29, 1.82) is 0 Å². The molecule has 0 aliphatic carbocycles. The Balaban J connectivity index is 1.59. The van der Waals surface area contributed by atoms with Crippen LogP contribution in [0.1, 0.15) is 28.9 Å². The average Bonchev–Trinajstić information content (AvgIpc) is 3.33. The van der Waals surface area contributed by atoms with Crippen molar-refractivity contribution in [1.82, 2.24) is 25.3 Å². The fourth-order valence-corrected chi connectivity index (χ4v) is 4.93. The Bertz CT molecular complexity index is 1380. The Kier molecular flexibility index (Phi) is 5.15. The van der Waals surface area contributed by atoms with Gasteiger partial charge in [-0.2, -0.15) is 5.10 Å². The Labute approximate surface area is 196 Å². The van der Waals surface area contributed by atoms with Crippen LogP contribution >= 0.6 is 27.5 Å². The molecule has 8 nitrogen and oxygen atoms in total. The second-order valence-electron chi connectivity index (χ2n) is 7.47. The number of hydrogen-bond donors (Lipinski definition) is 4. The molecule has 1 unspecified atom stereocenters. The van der Waals surface area contributed by atoms with Crippen molar-refractivity contribution in [3.8, 4) is 11.1 Å². The molecule has 0 radical (unpaired) electrons. The summed E-state index contributed by atoms with van der Waals surface area (Å²) in [5, 5.41) is 19.1. The van der Waals surface area contributed by atoms with E-state index in [9.17, 15) is 4.79 Å². The molecule has 162 valence electrons. The van der Waals surface area contributed by atoms with Gasteiger partial charge in [0.25, 0.3) is 5.91 Å². The van der Waals surface area contributed by atoms with Crippen molar-refractivity contribution in [2.45, 2.75) is 13.0 Å². The van der Waals surface area contributed by atoms with E-state index in [4.69, 9.17) is 17.3 Å². The van der Waals surface area contributed by atoms with E-state index in [-0.39, 0.29) is 17.8 Å². The van der Waals surface area contributed by atoms with Crippen LogP contribution in [0.25, 0.3) is 28.2 Å². The summed E-state index contributed by atoms with van der Waals surface area (Å²) in [6, 6.07) is 11.4. The third-order valence-corrected chi connectivity index (χ3v) is 6.33. The summed E-state index contributed by atoms with van der Waals surface area (Å²) in [6.07, 6.45) is 3.68. The monoisotopic (exact) mass is 511 g/mol. The number of H-pyrrole nitrogens is 1. The van der Waals surface area contributed by atoms with E-state index in [2.05, 4.69) is 41.9 Å². The molecule has 2 aromatic heterocycles. The molecule has 10 heteroatoms. The van der Waals surface area contributed by atoms with Gasteiger partial charge in [-0.3, -0.25) is 9.89 Å². The molecule has 1 atom stereocenters. The third kappa shape index (κ3) is 3.34. The molecule has 0 spiro atoms. The van der Waals surface area contributed by atoms with Crippen molar-refractivity contribution < 1.29 is 4.79 Å². The van der Waals surface area contributed by atoms with E-state index in [0.717, 1.165) is 27.6 Å². The average molecular weight is 513 g/mol. The highest BCUT2D eigenvalue weighted by Crippen LogP contribution is 2.40. The minimum Gasteiger partial charge on any atom is -0.381 e. The van der Waals surface area contributed by atoms with Gasteiger partial charge in [0, 0.05) is 18.3 Å². The van der Waals surface area contributed by atoms with E-state index in [1.54, 1.807) is 10.9 Å². The second-order valence-corrected chi connectivity index (χ2v) is 8.63. The lowest BCUT2D eigenvalue weighted by molar-refractivity contribution is 0.0941. The highest BCUT2D eigenvalue weighted by Gasteiger charge is 2.26.